The van der Waals surface area contributed by atoms with Crippen molar-refractivity contribution in [3.05, 3.63) is 59.2 Å². The van der Waals surface area contributed by atoms with Gasteiger partial charge in [-0.05, 0) is 29.8 Å². The van der Waals surface area contributed by atoms with Crippen molar-refractivity contribution in [3.63, 3.8) is 0 Å². The van der Waals surface area contributed by atoms with Crippen LogP contribution in [0.25, 0.3) is 0 Å². The predicted molar refractivity (Wildman–Crippen MR) is 83.3 cm³/mol. The number of nitriles is 1. The van der Waals surface area contributed by atoms with E-state index in [2.05, 4.69) is 10.0 Å². The van der Waals surface area contributed by atoms with Gasteiger partial charge in [-0.3, -0.25) is 4.72 Å². The van der Waals surface area contributed by atoms with E-state index in [1.807, 2.05) is 0 Å². The highest BCUT2D eigenvalue weighted by Crippen LogP contribution is 2.22. The molecule has 2 N–H and O–H groups in total. The largest absolute Gasteiger partial charge is 0.376 e. The van der Waals surface area contributed by atoms with Crippen LogP contribution in [0.4, 0.5) is 20.2 Å². The first-order chi connectivity index (χ1) is 10.8. The fraction of sp³-hybridized carbons (Fsp3) is 0.133. The Hall–Kier alpha value is -2.66. The molecule has 0 aliphatic heterocycles. The zero-order chi connectivity index (χ0) is 17.0. The molecule has 0 heterocycles. The molecular weight excluding hydrogens is 324 g/mol. The summed E-state index contributed by atoms with van der Waals surface area (Å²) in [5.41, 5.74) is 0.532. The van der Waals surface area contributed by atoms with Crippen molar-refractivity contribution >= 4 is 21.4 Å². The standard InChI is InChI=1S/C15H13F2N3O2S/c1-23(21,22)20-12-4-2-3-10(5-12)9-19-15-13(16)6-11(8-18)7-14(15)17/h2-7,19-20H,9H2,1H3. The minimum absolute atomic E-state index is 0.0824. The lowest BCUT2D eigenvalue weighted by atomic mass is 10.1. The van der Waals surface area contributed by atoms with E-state index in [0.29, 0.717) is 11.3 Å². The highest BCUT2D eigenvalue weighted by molar-refractivity contribution is 7.92. The molecule has 0 saturated carbocycles. The van der Waals surface area contributed by atoms with Gasteiger partial charge in [0.05, 0.1) is 17.9 Å². The first kappa shape index (κ1) is 16.7. The average Bonchev–Trinajstić information content (AvgIpc) is 2.44. The second kappa shape index (κ2) is 6.62. The van der Waals surface area contributed by atoms with E-state index in [4.69, 9.17) is 5.26 Å². The lowest BCUT2D eigenvalue weighted by molar-refractivity contribution is 0.587. The molecule has 0 amide bonds. The van der Waals surface area contributed by atoms with Crippen LogP contribution in [0.5, 0.6) is 0 Å². The number of sulfonamides is 1. The van der Waals surface area contributed by atoms with Crippen molar-refractivity contribution in [2.45, 2.75) is 6.54 Å². The van der Waals surface area contributed by atoms with Gasteiger partial charge in [0.2, 0.25) is 10.0 Å². The Balaban J connectivity index is 2.16. The Morgan fingerprint density at radius 2 is 1.83 bits per heavy atom. The topological polar surface area (TPSA) is 82.0 Å². The summed E-state index contributed by atoms with van der Waals surface area (Å²) < 4.78 is 52.2. The van der Waals surface area contributed by atoms with Gasteiger partial charge in [-0.15, -0.1) is 0 Å². The molecule has 0 fully saturated rings. The van der Waals surface area contributed by atoms with Crippen molar-refractivity contribution < 1.29 is 17.2 Å². The lowest BCUT2D eigenvalue weighted by Crippen LogP contribution is -2.10. The number of rotatable bonds is 5. The SMILES string of the molecule is CS(=O)(=O)Nc1cccc(CNc2c(F)cc(C#N)cc2F)c1. The van der Waals surface area contributed by atoms with Crippen LogP contribution < -0.4 is 10.0 Å². The molecule has 0 aliphatic rings. The summed E-state index contributed by atoms with van der Waals surface area (Å²) in [5.74, 6) is -1.74. The number of nitrogens with zero attached hydrogens (tertiary/aromatic N) is 1. The fourth-order valence-electron chi connectivity index (χ4n) is 1.96. The average molecular weight is 337 g/mol. The quantitative estimate of drug-likeness (QED) is 0.879. The maximum Gasteiger partial charge on any atom is 0.229 e. The highest BCUT2D eigenvalue weighted by Gasteiger charge is 2.11. The van der Waals surface area contributed by atoms with Crippen LogP contribution in [0, 0.1) is 23.0 Å². The summed E-state index contributed by atoms with van der Waals surface area (Å²) >= 11 is 0. The Bertz CT molecular complexity index is 854. The van der Waals surface area contributed by atoms with Crippen LogP contribution in [0.2, 0.25) is 0 Å². The molecule has 2 aromatic rings. The number of anilines is 2. The van der Waals surface area contributed by atoms with Crippen LogP contribution >= 0.6 is 0 Å². The van der Waals surface area contributed by atoms with Gasteiger partial charge in [0.1, 0.15) is 5.69 Å². The molecule has 2 aromatic carbocycles. The molecule has 0 radical (unpaired) electrons. The summed E-state index contributed by atoms with van der Waals surface area (Å²) in [5, 5.41) is 11.3. The summed E-state index contributed by atoms with van der Waals surface area (Å²) in [4.78, 5) is 0. The third-order valence-corrected chi connectivity index (χ3v) is 3.48. The minimum Gasteiger partial charge on any atom is -0.376 e. The smallest absolute Gasteiger partial charge is 0.229 e. The summed E-state index contributed by atoms with van der Waals surface area (Å²) in [6.07, 6.45) is 1.03. The Labute approximate surface area is 132 Å². The molecule has 23 heavy (non-hydrogen) atoms. The first-order valence-electron chi connectivity index (χ1n) is 6.48. The third-order valence-electron chi connectivity index (χ3n) is 2.87. The molecule has 0 atom stereocenters. The lowest BCUT2D eigenvalue weighted by Gasteiger charge is -2.11. The van der Waals surface area contributed by atoms with Gasteiger partial charge in [-0.1, -0.05) is 12.1 Å². The molecule has 0 aliphatic carbocycles. The monoisotopic (exact) mass is 337 g/mol. The normalized spacial score (nSPS) is 10.9. The van der Waals surface area contributed by atoms with E-state index < -0.39 is 21.7 Å². The molecule has 0 unspecified atom stereocenters. The highest BCUT2D eigenvalue weighted by atomic mass is 32.2. The van der Waals surface area contributed by atoms with Crippen molar-refractivity contribution in [1.82, 2.24) is 0 Å². The summed E-state index contributed by atoms with van der Waals surface area (Å²) in [7, 11) is -3.40. The van der Waals surface area contributed by atoms with Crippen LogP contribution in [0.3, 0.4) is 0 Å². The number of nitrogens with one attached hydrogen (secondary N) is 2. The number of hydrogen-bond acceptors (Lipinski definition) is 4. The predicted octanol–water partition coefficient (Wildman–Crippen LogP) is 2.82. The zero-order valence-electron chi connectivity index (χ0n) is 12.1. The maximum absolute atomic E-state index is 13.8. The number of halogens is 2. The van der Waals surface area contributed by atoms with E-state index in [0.717, 1.165) is 18.4 Å². The molecule has 0 aromatic heterocycles. The van der Waals surface area contributed by atoms with Crippen LogP contribution in [-0.2, 0) is 16.6 Å². The van der Waals surface area contributed by atoms with Gasteiger partial charge in [0.25, 0.3) is 0 Å². The van der Waals surface area contributed by atoms with E-state index in [9.17, 15) is 17.2 Å². The molecular formula is C15H13F2N3O2S. The van der Waals surface area contributed by atoms with Gasteiger partial charge < -0.3 is 5.32 Å². The molecule has 8 heteroatoms. The fourth-order valence-corrected chi connectivity index (χ4v) is 2.51. The van der Waals surface area contributed by atoms with Gasteiger partial charge >= 0.3 is 0 Å². The van der Waals surface area contributed by atoms with Crippen LogP contribution in [0.1, 0.15) is 11.1 Å². The second-order valence-electron chi connectivity index (χ2n) is 4.85. The minimum atomic E-state index is -3.40. The summed E-state index contributed by atoms with van der Waals surface area (Å²) in [6.45, 7) is 0.0824. The maximum atomic E-state index is 13.8. The number of hydrogen-bond donors (Lipinski definition) is 2. The molecule has 0 saturated heterocycles. The molecule has 120 valence electrons. The van der Waals surface area contributed by atoms with E-state index in [1.165, 1.54) is 0 Å². The Kier molecular flexibility index (Phi) is 4.81. The Morgan fingerprint density at radius 1 is 1.17 bits per heavy atom. The van der Waals surface area contributed by atoms with Gasteiger partial charge in [0.15, 0.2) is 11.6 Å². The molecule has 0 spiro atoms. The van der Waals surface area contributed by atoms with Gasteiger partial charge in [-0.2, -0.15) is 5.26 Å². The van der Waals surface area contributed by atoms with Crippen molar-refractivity contribution in [2.24, 2.45) is 0 Å². The van der Waals surface area contributed by atoms with Crippen molar-refractivity contribution in [1.29, 1.82) is 5.26 Å². The van der Waals surface area contributed by atoms with Gasteiger partial charge in [-0.25, -0.2) is 17.2 Å². The van der Waals surface area contributed by atoms with Gasteiger partial charge in [0, 0.05) is 12.2 Å². The molecule has 2 rings (SSSR count). The van der Waals surface area contributed by atoms with E-state index in [-0.39, 0.29) is 17.8 Å². The number of benzene rings is 2. The molecule has 5 nitrogen and oxygen atoms in total. The third kappa shape index (κ3) is 4.66. The van der Waals surface area contributed by atoms with E-state index >= 15 is 0 Å². The van der Waals surface area contributed by atoms with Crippen molar-refractivity contribution in [2.75, 3.05) is 16.3 Å². The van der Waals surface area contributed by atoms with Crippen LogP contribution in [0.15, 0.2) is 36.4 Å². The summed E-state index contributed by atoms with van der Waals surface area (Å²) in [6, 6.07) is 9.95. The van der Waals surface area contributed by atoms with Crippen molar-refractivity contribution in [3.8, 4) is 6.07 Å². The Morgan fingerprint density at radius 3 is 2.39 bits per heavy atom. The molecule has 0 bridgehead atoms. The van der Waals surface area contributed by atoms with Crippen LogP contribution in [-0.4, -0.2) is 14.7 Å². The first-order valence-corrected chi connectivity index (χ1v) is 8.37. The van der Waals surface area contributed by atoms with E-state index in [1.54, 1.807) is 30.3 Å². The zero-order valence-corrected chi connectivity index (χ0v) is 12.9. The second-order valence-corrected chi connectivity index (χ2v) is 6.60.